The van der Waals surface area contributed by atoms with Crippen LogP contribution in [0.1, 0.15) is 27.3 Å². The van der Waals surface area contributed by atoms with Gasteiger partial charge in [-0.3, -0.25) is 19.6 Å². The molecule has 0 radical (unpaired) electrons. The number of hydrogen-bond donors (Lipinski definition) is 1. The third-order valence-corrected chi connectivity index (χ3v) is 4.62. The summed E-state index contributed by atoms with van der Waals surface area (Å²) in [5.74, 6) is -0.804. The molecular formula is C19H18N4O4. The second kappa shape index (κ2) is 7.06. The molecule has 1 aliphatic rings. The molecule has 1 saturated heterocycles. The largest absolute Gasteiger partial charge is 0.417 e. The van der Waals surface area contributed by atoms with Crippen LogP contribution in [0.3, 0.4) is 0 Å². The molecule has 1 aliphatic heterocycles. The van der Waals surface area contributed by atoms with Crippen molar-refractivity contribution in [1.29, 1.82) is 0 Å². The Morgan fingerprint density at radius 1 is 1.00 bits per heavy atom. The first-order chi connectivity index (χ1) is 13.1. The summed E-state index contributed by atoms with van der Waals surface area (Å²) in [6, 6.07) is 10.1. The van der Waals surface area contributed by atoms with Gasteiger partial charge in [0, 0.05) is 37.9 Å². The Balaban J connectivity index is 1.47. The number of pyridine rings is 1. The van der Waals surface area contributed by atoms with E-state index in [1.807, 2.05) is 0 Å². The molecule has 4 rings (SSSR count). The number of nitrogens with one attached hydrogen (secondary N) is 1. The lowest BCUT2D eigenvalue weighted by Crippen LogP contribution is -2.37. The van der Waals surface area contributed by atoms with E-state index in [1.54, 1.807) is 52.4 Å². The maximum atomic E-state index is 12.8. The van der Waals surface area contributed by atoms with Gasteiger partial charge in [0.05, 0.1) is 5.52 Å². The number of carbonyl (C=O) groups is 2. The van der Waals surface area contributed by atoms with E-state index in [0.717, 1.165) is 0 Å². The van der Waals surface area contributed by atoms with Crippen LogP contribution in [0.2, 0.25) is 0 Å². The molecule has 3 aromatic rings. The number of H-pyrrole nitrogens is 1. The van der Waals surface area contributed by atoms with Gasteiger partial charge < -0.3 is 14.2 Å². The number of carbonyl (C=O) groups excluding carboxylic acids is 2. The number of nitrogens with zero attached hydrogens (tertiary/aromatic N) is 3. The molecule has 1 N–H and O–H groups in total. The van der Waals surface area contributed by atoms with Gasteiger partial charge in [0.25, 0.3) is 11.8 Å². The van der Waals surface area contributed by atoms with Crippen molar-refractivity contribution in [3.05, 3.63) is 64.4 Å². The lowest BCUT2D eigenvalue weighted by Gasteiger charge is -2.22. The van der Waals surface area contributed by atoms with E-state index >= 15 is 0 Å². The molecule has 2 amide bonds. The Morgan fingerprint density at radius 3 is 2.52 bits per heavy atom. The van der Waals surface area contributed by atoms with Crippen molar-refractivity contribution >= 4 is 22.9 Å². The van der Waals surface area contributed by atoms with Gasteiger partial charge in [-0.2, -0.15) is 0 Å². The van der Waals surface area contributed by atoms with Crippen molar-refractivity contribution < 1.29 is 14.0 Å². The van der Waals surface area contributed by atoms with Gasteiger partial charge in [-0.15, -0.1) is 0 Å². The molecule has 1 aromatic carbocycles. The Kier molecular flexibility index (Phi) is 4.45. The number of fused-ring (bicyclic) bond motifs is 1. The Labute approximate surface area is 154 Å². The van der Waals surface area contributed by atoms with E-state index in [0.29, 0.717) is 55.0 Å². The summed E-state index contributed by atoms with van der Waals surface area (Å²) in [7, 11) is 0. The summed E-state index contributed by atoms with van der Waals surface area (Å²) < 4.78 is 4.96. The van der Waals surface area contributed by atoms with Crippen LogP contribution >= 0.6 is 0 Å². The highest BCUT2D eigenvalue weighted by Crippen LogP contribution is 2.16. The first kappa shape index (κ1) is 17.0. The predicted molar refractivity (Wildman–Crippen MR) is 97.5 cm³/mol. The maximum Gasteiger partial charge on any atom is 0.417 e. The van der Waals surface area contributed by atoms with E-state index in [9.17, 15) is 14.4 Å². The first-order valence-corrected chi connectivity index (χ1v) is 8.74. The van der Waals surface area contributed by atoms with Crippen molar-refractivity contribution in [2.75, 3.05) is 26.2 Å². The van der Waals surface area contributed by atoms with E-state index in [4.69, 9.17) is 4.42 Å². The second-order valence-electron chi connectivity index (χ2n) is 6.38. The monoisotopic (exact) mass is 366 g/mol. The van der Waals surface area contributed by atoms with Crippen LogP contribution in [0.25, 0.3) is 11.1 Å². The minimum Gasteiger partial charge on any atom is -0.408 e. The summed E-state index contributed by atoms with van der Waals surface area (Å²) in [6.45, 7) is 2.03. The highest BCUT2D eigenvalue weighted by Gasteiger charge is 2.24. The minimum absolute atomic E-state index is 0.123. The van der Waals surface area contributed by atoms with E-state index < -0.39 is 5.76 Å². The standard InChI is InChI=1S/C19H18N4O4/c24-17(13-5-6-16-15(12-13)21-19(26)27-16)22-8-3-9-23(11-10-22)18(25)14-4-1-2-7-20-14/h1-2,4-7,12H,3,8-11H2,(H,21,26). The van der Waals surface area contributed by atoms with Gasteiger partial charge in [-0.1, -0.05) is 6.07 Å². The zero-order valence-electron chi connectivity index (χ0n) is 14.6. The molecule has 8 heteroatoms. The number of aromatic nitrogens is 2. The molecule has 0 bridgehead atoms. The fraction of sp³-hybridized carbons (Fsp3) is 0.263. The molecule has 0 unspecified atom stereocenters. The Morgan fingerprint density at radius 2 is 1.78 bits per heavy atom. The Hall–Kier alpha value is -3.42. The van der Waals surface area contributed by atoms with E-state index in [1.165, 1.54) is 0 Å². The third-order valence-electron chi connectivity index (χ3n) is 4.62. The van der Waals surface area contributed by atoms with E-state index in [2.05, 4.69) is 9.97 Å². The maximum absolute atomic E-state index is 12.8. The van der Waals surface area contributed by atoms with Crippen LogP contribution in [0.4, 0.5) is 0 Å². The van der Waals surface area contributed by atoms with Crippen LogP contribution < -0.4 is 5.76 Å². The predicted octanol–water partition coefficient (Wildman–Crippen LogP) is 1.50. The molecular weight excluding hydrogens is 348 g/mol. The number of rotatable bonds is 2. The number of aromatic amines is 1. The molecule has 2 aromatic heterocycles. The average Bonchev–Trinajstić information content (AvgIpc) is 2.90. The molecule has 138 valence electrons. The fourth-order valence-corrected chi connectivity index (χ4v) is 3.24. The average molecular weight is 366 g/mol. The van der Waals surface area contributed by atoms with E-state index in [-0.39, 0.29) is 11.8 Å². The lowest BCUT2D eigenvalue weighted by atomic mass is 10.1. The van der Waals surface area contributed by atoms with Crippen molar-refractivity contribution in [1.82, 2.24) is 19.8 Å². The summed E-state index contributed by atoms with van der Waals surface area (Å²) in [6.07, 6.45) is 2.28. The van der Waals surface area contributed by atoms with Crippen molar-refractivity contribution in [3.8, 4) is 0 Å². The third kappa shape index (κ3) is 3.46. The topological polar surface area (TPSA) is 99.5 Å². The zero-order valence-corrected chi connectivity index (χ0v) is 14.6. The van der Waals surface area contributed by atoms with Crippen LogP contribution in [-0.2, 0) is 0 Å². The molecule has 1 fully saturated rings. The number of benzene rings is 1. The minimum atomic E-state index is -0.548. The number of hydrogen-bond acceptors (Lipinski definition) is 5. The highest BCUT2D eigenvalue weighted by molar-refractivity contribution is 5.97. The lowest BCUT2D eigenvalue weighted by molar-refractivity contribution is 0.0716. The Bertz CT molecular complexity index is 1040. The smallest absolute Gasteiger partial charge is 0.408 e. The normalized spacial score (nSPS) is 15.0. The molecule has 3 heterocycles. The SMILES string of the molecule is O=C(c1ccc2oc(=O)[nH]c2c1)N1CCCN(C(=O)c2ccccn2)CC1. The molecule has 0 spiro atoms. The highest BCUT2D eigenvalue weighted by atomic mass is 16.4. The molecule has 8 nitrogen and oxygen atoms in total. The second-order valence-corrected chi connectivity index (χ2v) is 6.38. The van der Waals surface area contributed by atoms with Crippen molar-refractivity contribution in [2.24, 2.45) is 0 Å². The van der Waals surface area contributed by atoms with Gasteiger partial charge >= 0.3 is 5.76 Å². The summed E-state index contributed by atoms with van der Waals surface area (Å²) in [4.78, 5) is 46.8. The van der Waals surface area contributed by atoms with Crippen LogP contribution in [0, 0.1) is 0 Å². The van der Waals surface area contributed by atoms with Gasteiger partial charge in [-0.05, 0) is 36.8 Å². The van der Waals surface area contributed by atoms with Crippen LogP contribution in [0.5, 0.6) is 0 Å². The molecule has 0 saturated carbocycles. The van der Waals surface area contributed by atoms with Gasteiger partial charge in [0.2, 0.25) is 0 Å². The number of amides is 2. The summed E-state index contributed by atoms with van der Waals surface area (Å²) in [5.41, 5.74) is 1.79. The molecule has 27 heavy (non-hydrogen) atoms. The molecule has 0 aliphatic carbocycles. The van der Waals surface area contributed by atoms with Gasteiger partial charge in [0.1, 0.15) is 5.69 Å². The van der Waals surface area contributed by atoms with Crippen LogP contribution in [0.15, 0.2) is 51.8 Å². The zero-order chi connectivity index (χ0) is 18.8. The van der Waals surface area contributed by atoms with Crippen LogP contribution in [-0.4, -0.2) is 57.8 Å². The summed E-state index contributed by atoms with van der Waals surface area (Å²) in [5, 5.41) is 0. The first-order valence-electron chi connectivity index (χ1n) is 8.74. The summed E-state index contributed by atoms with van der Waals surface area (Å²) >= 11 is 0. The molecule has 0 atom stereocenters. The fourth-order valence-electron chi connectivity index (χ4n) is 3.24. The van der Waals surface area contributed by atoms with Gasteiger partial charge in [-0.25, -0.2) is 4.79 Å². The van der Waals surface area contributed by atoms with Crippen molar-refractivity contribution in [3.63, 3.8) is 0 Å². The van der Waals surface area contributed by atoms with Gasteiger partial charge in [0.15, 0.2) is 5.58 Å². The quantitative estimate of drug-likeness (QED) is 0.741. The van der Waals surface area contributed by atoms with Crippen molar-refractivity contribution in [2.45, 2.75) is 6.42 Å². The number of oxazole rings is 1.